The molecule has 3 rings (SSSR count). The summed E-state index contributed by atoms with van der Waals surface area (Å²) in [5, 5.41) is 19.2. The van der Waals surface area contributed by atoms with Gasteiger partial charge in [0.15, 0.2) is 0 Å². The lowest BCUT2D eigenvalue weighted by Crippen LogP contribution is -2.01. The van der Waals surface area contributed by atoms with Gasteiger partial charge in [0.05, 0.1) is 24.8 Å². The summed E-state index contributed by atoms with van der Waals surface area (Å²) < 4.78 is 15.9. The SMILES string of the molecule is N#Cc1ccc(Cn2cc(CO)c3ccccc32)c(F)c1. The van der Waals surface area contributed by atoms with Gasteiger partial charge in [-0.05, 0) is 18.2 Å². The molecule has 0 fully saturated rings. The number of aliphatic hydroxyl groups is 1. The molecule has 0 aliphatic carbocycles. The molecule has 1 heterocycles. The summed E-state index contributed by atoms with van der Waals surface area (Å²) in [6, 6.07) is 14.1. The summed E-state index contributed by atoms with van der Waals surface area (Å²) in [7, 11) is 0. The van der Waals surface area contributed by atoms with E-state index < -0.39 is 5.82 Å². The van der Waals surface area contributed by atoms with Gasteiger partial charge in [-0.15, -0.1) is 0 Å². The molecule has 0 bridgehead atoms. The molecule has 3 nitrogen and oxygen atoms in total. The molecule has 1 aromatic heterocycles. The topological polar surface area (TPSA) is 49.0 Å². The molecular formula is C17H13FN2O. The van der Waals surface area contributed by atoms with Crippen molar-refractivity contribution >= 4 is 10.9 Å². The molecule has 104 valence electrons. The van der Waals surface area contributed by atoms with Crippen molar-refractivity contribution in [3.63, 3.8) is 0 Å². The van der Waals surface area contributed by atoms with E-state index in [1.54, 1.807) is 12.1 Å². The Labute approximate surface area is 121 Å². The summed E-state index contributed by atoms with van der Waals surface area (Å²) in [4.78, 5) is 0. The second-order valence-corrected chi connectivity index (χ2v) is 4.88. The molecule has 0 saturated heterocycles. The maximum atomic E-state index is 14.0. The average molecular weight is 280 g/mol. The van der Waals surface area contributed by atoms with Gasteiger partial charge < -0.3 is 9.67 Å². The minimum Gasteiger partial charge on any atom is -0.392 e. The van der Waals surface area contributed by atoms with Gasteiger partial charge in [-0.25, -0.2) is 4.39 Å². The number of hydrogen-bond acceptors (Lipinski definition) is 2. The van der Waals surface area contributed by atoms with Gasteiger partial charge in [-0.1, -0.05) is 24.3 Å². The van der Waals surface area contributed by atoms with Crippen molar-refractivity contribution in [3.05, 3.63) is 71.2 Å². The van der Waals surface area contributed by atoms with Crippen molar-refractivity contribution in [1.82, 2.24) is 4.57 Å². The Hall–Kier alpha value is -2.64. The number of aromatic nitrogens is 1. The molecular weight excluding hydrogens is 267 g/mol. The summed E-state index contributed by atoms with van der Waals surface area (Å²) in [6.07, 6.45) is 1.84. The molecule has 0 unspecified atom stereocenters. The van der Waals surface area contributed by atoms with E-state index in [0.717, 1.165) is 16.5 Å². The molecule has 4 heteroatoms. The van der Waals surface area contributed by atoms with Crippen LogP contribution >= 0.6 is 0 Å². The van der Waals surface area contributed by atoms with Gasteiger partial charge in [0.25, 0.3) is 0 Å². The van der Waals surface area contributed by atoms with Gasteiger partial charge in [0.2, 0.25) is 0 Å². The van der Waals surface area contributed by atoms with Gasteiger partial charge in [-0.2, -0.15) is 5.26 Å². The van der Waals surface area contributed by atoms with E-state index in [9.17, 15) is 9.50 Å². The van der Waals surface area contributed by atoms with E-state index in [1.807, 2.05) is 41.1 Å². The van der Waals surface area contributed by atoms with Gasteiger partial charge in [0.1, 0.15) is 5.82 Å². The lowest BCUT2D eigenvalue weighted by atomic mass is 10.1. The van der Waals surface area contributed by atoms with Crippen LogP contribution in [0.3, 0.4) is 0 Å². The molecule has 3 aromatic rings. The fourth-order valence-electron chi connectivity index (χ4n) is 2.51. The molecule has 1 N–H and O–H groups in total. The van der Waals surface area contributed by atoms with E-state index in [0.29, 0.717) is 17.7 Å². The Bertz CT molecular complexity index is 846. The van der Waals surface area contributed by atoms with Crippen molar-refractivity contribution in [2.45, 2.75) is 13.2 Å². The average Bonchev–Trinajstić information content (AvgIpc) is 2.87. The third-order valence-corrected chi connectivity index (χ3v) is 3.56. The molecule has 0 saturated carbocycles. The standard InChI is InChI=1S/C17H13FN2O/c18-16-7-12(8-19)5-6-13(16)9-20-10-14(11-21)15-3-1-2-4-17(15)20/h1-7,10,21H,9,11H2. The maximum absolute atomic E-state index is 14.0. The molecule has 0 amide bonds. The van der Waals surface area contributed by atoms with Crippen molar-refractivity contribution in [2.24, 2.45) is 0 Å². The molecule has 0 radical (unpaired) electrons. The first-order valence-electron chi connectivity index (χ1n) is 6.59. The van der Waals surface area contributed by atoms with Crippen LogP contribution < -0.4 is 0 Å². The number of benzene rings is 2. The predicted octanol–water partition coefficient (Wildman–Crippen LogP) is 3.19. The van der Waals surface area contributed by atoms with Crippen LogP contribution in [0.1, 0.15) is 16.7 Å². The zero-order valence-corrected chi connectivity index (χ0v) is 11.3. The van der Waals surface area contributed by atoms with Gasteiger partial charge in [0, 0.05) is 28.2 Å². The minimum absolute atomic E-state index is 0.0522. The number of rotatable bonds is 3. The summed E-state index contributed by atoms with van der Waals surface area (Å²) in [6.45, 7) is 0.307. The summed E-state index contributed by atoms with van der Waals surface area (Å²) >= 11 is 0. The van der Waals surface area contributed by atoms with Crippen LogP contribution in [0.5, 0.6) is 0 Å². The fourth-order valence-corrected chi connectivity index (χ4v) is 2.51. The Balaban J connectivity index is 2.04. The van der Waals surface area contributed by atoms with Crippen molar-refractivity contribution in [3.8, 4) is 6.07 Å². The molecule has 0 spiro atoms. The third kappa shape index (κ3) is 2.39. The van der Waals surface area contributed by atoms with Crippen molar-refractivity contribution in [1.29, 1.82) is 5.26 Å². The fraction of sp³-hybridized carbons (Fsp3) is 0.118. The lowest BCUT2D eigenvalue weighted by molar-refractivity contribution is 0.283. The van der Waals surface area contributed by atoms with Gasteiger partial charge >= 0.3 is 0 Å². The van der Waals surface area contributed by atoms with Crippen LogP contribution in [-0.4, -0.2) is 9.67 Å². The highest BCUT2D eigenvalue weighted by Crippen LogP contribution is 2.23. The van der Waals surface area contributed by atoms with Crippen LogP contribution in [0.4, 0.5) is 4.39 Å². The molecule has 0 atom stereocenters. The van der Waals surface area contributed by atoms with E-state index >= 15 is 0 Å². The van der Waals surface area contributed by atoms with Crippen LogP contribution in [0.25, 0.3) is 10.9 Å². The number of nitrogens with zero attached hydrogens (tertiary/aromatic N) is 2. The van der Waals surface area contributed by atoms with E-state index in [2.05, 4.69) is 0 Å². The van der Waals surface area contributed by atoms with E-state index in [4.69, 9.17) is 5.26 Å². The van der Waals surface area contributed by atoms with Crippen LogP contribution in [0.2, 0.25) is 0 Å². The highest BCUT2D eigenvalue weighted by atomic mass is 19.1. The summed E-state index contributed by atoms with van der Waals surface area (Å²) in [5.41, 5.74) is 2.59. The number of aliphatic hydroxyl groups excluding tert-OH is 1. The molecule has 0 aliphatic rings. The monoisotopic (exact) mass is 280 g/mol. The predicted molar refractivity (Wildman–Crippen MR) is 78.1 cm³/mol. The number of para-hydroxylation sites is 1. The van der Waals surface area contributed by atoms with E-state index in [1.165, 1.54) is 6.07 Å². The lowest BCUT2D eigenvalue weighted by Gasteiger charge is -2.07. The smallest absolute Gasteiger partial charge is 0.129 e. The quantitative estimate of drug-likeness (QED) is 0.801. The largest absolute Gasteiger partial charge is 0.392 e. The highest BCUT2D eigenvalue weighted by molar-refractivity contribution is 5.83. The normalized spacial score (nSPS) is 10.7. The number of hydrogen-bond donors (Lipinski definition) is 1. The molecule has 21 heavy (non-hydrogen) atoms. The zero-order valence-electron chi connectivity index (χ0n) is 11.3. The van der Waals surface area contributed by atoms with Crippen molar-refractivity contribution in [2.75, 3.05) is 0 Å². The number of nitriles is 1. The van der Waals surface area contributed by atoms with Crippen molar-refractivity contribution < 1.29 is 9.50 Å². The highest BCUT2D eigenvalue weighted by Gasteiger charge is 2.10. The Kier molecular flexibility index (Phi) is 3.43. The second kappa shape index (κ2) is 5.39. The van der Waals surface area contributed by atoms with E-state index in [-0.39, 0.29) is 6.61 Å². The third-order valence-electron chi connectivity index (χ3n) is 3.56. The number of halogens is 1. The Morgan fingerprint density at radius 3 is 2.67 bits per heavy atom. The van der Waals surface area contributed by atoms with Crippen LogP contribution in [0, 0.1) is 17.1 Å². The summed E-state index contributed by atoms with van der Waals surface area (Å²) in [5.74, 6) is -0.391. The molecule has 0 aliphatic heterocycles. The first kappa shape index (κ1) is 13.3. The van der Waals surface area contributed by atoms with Crippen LogP contribution in [0.15, 0.2) is 48.7 Å². The maximum Gasteiger partial charge on any atom is 0.129 e. The molecule has 2 aromatic carbocycles. The minimum atomic E-state index is -0.391. The Morgan fingerprint density at radius 2 is 1.95 bits per heavy atom. The Morgan fingerprint density at radius 1 is 1.14 bits per heavy atom. The number of fused-ring (bicyclic) bond motifs is 1. The first-order chi connectivity index (χ1) is 10.2. The first-order valence-corrected chi connectivity index (χ1v) is 6.59. The van der Waals surface area contributed by atoms with Gasteiger partial charge in [-0.3, -0.25) is 0 Å². The van der Waals surface area contributed by atoms with Crippen LogP contribution in [-0.2, 0) is 13.2 Å². The zero-order chi connectivity index (χ0) is 14.8. The second-order valence-electron chi connectivity index (χ2n) is 4.88.